The third-order valence-corrected chi connectivity index (χ3v) is 3.72. The van der Waals surface area contributed by atoms with E-state index in [1.807, 2.05) is 6.92 Å². The normalized spacial score (nSPS) is 29.6. The fourth-order valence-electron chi connectivity index (χ4n) is 3.02. The summed E-state index contributed by atoms with van der Waals surface area (Å²) in [5, 5.41) is 2.70. The van der Waals surface area contributed by atoms with E-state index in [-0.39, 0.29) is 23.6 Å². The molecule has 0 radical (unpaired) electrons. The Labute approximate surface area is 120 Å². The summed E-state index contributed by atoms with van der Waals surface area (Å²) in [6, 6.07) is -0.291. The smallest absolute Gasteiger partial charge is 0.325 e. The SMILES string of the molecule is CC1CN(CCN2C(=O)NC(C)(C)C2=O)CC(C)(C)O1. The summed E-state index contributed by atoms with van der Waals surface area (Å²) in [5.74, 6) is -0.150. The highest BCUT2D eigenvalue weighted by Gasteiger charge is 2.44. The van der Waals surface area contributed by atoms with Crippen molar-refractivity contribution in [2.45, 2.75) is 51.9 Å². The van der Waals surface area contributed by atoms with Gasteiger partial charge in [0.1, 0.15) is 5.54 Å². The molecule has 0 aromatic carbocycles. The van der Waals surface area contributed by atoms with Crippen molar-refractivity contribution >= 4 is 11.9 Å². The van der Waals surface area contributed by atoms with Crippen LogP contribution >= 0.6 is 0 Å². The van der Waals surface area contributed by atoms with Crippen LogP contribution in [0.4, 0.5) is 4.79 Å². The third-order valence-electron chi connectivity index (χ3n) is 3.72. The van der Waals surface area contributed by atoms with Crippen LogP contribution in [0, 0.1) is 0 Å². The molecule has 2 fully saturated rings. The fourth-order valence-corrected chi connectivity index (χ4v) is 3.02. The average Bonchev–Trinajstić information content (AvgIpc) is 2.43. The molecule has 0 saturated carbocycles. The van der Waals surface area contributed by atoms with Crippen LogP contribution in [0.1, 0.15) is 34.6 Å². The van der Waals surface area contributed by atoms with Gasteiger partial charge in [-0.05, 0) is 34.6 Å². The van der Waals surface area contributed by atoms with Crippen LogP contribution in [0.2, 0.25) is 0 Å². The van der Waals surface area contributed by atoms with Crippen LogP contribution in [0.5, 0.6) is 0 Å². The van der Waals surface area contributed by atoms with E-state index in [9.17, 15) is 9.59 Å². The Bertz CT molecular complexity index is 420. The molecule has 20 heavy (non-hydrogen) atoms. The van der Waals surface area contributed by atoms with E-state index in [1.54, 1.807) is 13.8 Å². The maximum atomic E-state index is 12.1. The molecule has 0 spiro atoms. The van der Waals surface area contributed by atoms with Crippen molar-refractivity contribution in [1.29, 1.82) is 0 Å². The first-order valence-corrected chi connectivity index (χ1v) is 7.15. The van der Waals surface area contributed by atoms with Gasteiger partial charge >= 0.3 is 6.03 Å². The van der Waals surface area contributed by atoms with Gasteiger partial charge in [0, 0.05) is 26.2 Å². The first-order valence-electron chi connectivity index (χ1n) is 7.15. The Morgan fingerprint density at radius 3 is 2.40 bits per heavy atom. The van der Waals surface area contributed by atoms with E-state index in [1.165, 1.54) is 4.90 Å². The molecule has 0 aromatic rings. The maximum absolute atomic E-state index is 12.1. The van der Waals surface area contributed by atoms with Gasteiger partial charge < -0.3 is 10.1 Å². The molecule has 0 bridgehead atoms. The summed E-state index contributed by atoms with van der Waals surface area (Å²) < 4.78 is 5.85. The Morgan fingerprint density at radius 1 is 1.25 bits per heavy atom. The van der Waals surface area contributed by atoms with Crippen LogP contribution in [0.15, 0.2) is 0 Å². The van der Waals surface area contributed by atoms with Crippen LogP contribution in [-0.2, 0) is 9.53 Å². The molecule has 2 aliphatic heterocycles. The van der Waals surface area contributed by atoms with Crippen molar-refractivity contribution in [3.8, 4) is 0 Å². The van der Waals surface area contributed by atoms with Crippen LogP contribution in [0.3, 0.4) is 0 Å². The number of hydrogen-bond acceptors (Lipinski definition) is 4. The topological polar surface area (TPSA) is 61.9 Å². The van der Waals surface area contributed by atoms with Crippen molar-refractivity contribution in [2.75, 3.05) is 26.2 Å². The van der Waals surface area contributed by atoms with Crippen LogP contribution in [0.25, 0.3) is 0 Å². The van der Waals surface area contributed by atoms with Gasteiger partial charge in [-0.3, -0.25) is 14.6 Å². The number of ether oxygens (including phenoxy) is 1. The molecule has 1 N–H and O–H groups in total. The second kappa shape index (κ2) is 5.00. The molecule has 0 aromatic heterocycles. The van der Waals surface area contributed by atoms with Gasteiger partial charge in [-0.1, -0.05) is 0 Å². The first kappa shape index (κ1) is 15.3. The minimum atomic E-state index is -0.783. The zero-order valence-electron chi connectivity index (χ0n) is 13.0. The van der Waals surface area contributed by atoms with Gasteiger partial charge in [0.05, 0.1) is 11.7 Å². The average molecular weight is 283 g/mol. The molecule has 0 aliphatic carbocycles. The Morgan fingerprint density at radius 2 is 1.90 bits per heavy atom. The van der Waals surface area contributed by atoms with Crippen molar-refractivity contribution in [1.82, 2.24) is 15.1 Å². The Balaban J connectivity index is 1.92. The predicted octanol–water partition coefficient (Wildman–Crippen LogP) is 0.816. The molecule has 6 nitrogen and oxygen atoms in total. The predicted molar refractivity (Wildman–Crippen MR) is 75.4 cm³/mol. The summed E-state index contributed by atoms with van der Waals surface area (Å²) in [4.78, 5) is 27.5. The van der Waals surface area contributed by atoms with Gasteiger partial charge in [0.15, 0.2) is 0 Å². The zero-order chi connectivity index (χ0) is 15.1. The minimum Gasteiger partial charge on any atom is -0.370 e. The molecule has 114 valence electrons. The summed E-state index contributed by atoms with van der Waals surface area (Å²) >= 11 is 0. The number of morpholine rings is 1. The fraction of sp³-hybridized carbons (Fsp3) is 0.857. The number of nitrogens with one attached hydrogen (secondary N) is 1. The molecule has 1 unspecified atom stereocenters. The van der Waals surface area contributed by atoms with E-state index in [2.05, 4.69) is 24.1 Å². The van der Waals surface area contributed by atoms with Gasteiger partial charge in [-0.2, -0.15) is 0 Å². The molecule has 6 heteroatoms. The summed E-state index contributed by atoms with van der Waals surface area (Å²) in [7, 11) is 0. The van der Waals surface area contributed by atoms with E-state index in [4.69, 9.17) is 4.74 Å². The lowest BCUT2D eigenvalue weighted by atomic mass is 10.1. The monoisotopic (exact) mass is 283 g/mol. The van der Waals surface area contributed by atoms with E-state index in [0.717, 1.165) is 13.1 Å². The molecule has 2 heterocycles. The van der Waals surface area contributed by atoms with Gasteiger partial charge in [-0.25, -0.2) is 4.79 Å². The number of rotatable bonds is 3. The van der Waals surface area contributed by atoms with Crippen LogP contribution in [-0.4, -0.2) is 65.2 Å². The first-order chi connectivity index (χ1) is 9.11. The lowest BCUT2D eigenvalue weighted by Gasteiger charge is -2.42. The van der Waals surface area contributed by atoms with Gasteiger partial charge in [-0.15, -0.1) is 0 Å². The molecule has 3 amide bonds. The lowest BCUT2D eigenvalue weighted by Crippen LogP contribution is -2.53. The second-order valence-electron chi connectivity index (χ2n) is 6.94. The molecular formula is C14H25N3O3. The lowest BCUT2D eigenvalue weighted by molar-refractivity contribution is -0.134. The highest BCUT2D eigenvalue weighted by atomic mass is 16.5. The van der Waals surface area contributed by atoms with Crippen molar-refractivity contribution in [3.63, 3.8) is 0 Å². The third kappa shape index (κ3) is 3.12. The number of carbonyl (C=O) groups is 2. The largest absolute Gasteiger partial charge is 0.370 e. The number of amides is 3. The van der Waals surface area contributed by atoms with Crippen molar-refractivity contribution < 1.29 is 14.3 Å². The molecular weight excluding hydrogens is 258 g/mol. The number of hydrogen-bond donors (Lipinski definition) is 1. The molecule has 2 saturated heterocycles. The number of carbonyl (C=O) groups excluding carboxylic acids is 2. The minimum absolute atomic E-state index is 0.150. The standard InChI is InChI=1S/C14H25N3O3/c1-10-8-16(9-13(2,3)20-10)6-7-17-11(18)14(4,5)15-12(17)19/h10H,6-9H2,1-5H3,(H,15,19). The summed E-state index contributed by atoms with van der Waals surface area (Å²) in [6.45, 7) is 12.4. The Hall–Kier alpha value is -1.14. The summed E-state index contributed by atoms with van der Waals surface area (Å²) in [5.41, 5.74) is -0.969. The molecule has 2 aliphatic rings. The summed E-state index contributed by atoms with van der Waals surface area (Å²) in [6.07, 6.45) is 0.165. The van der Waals surface area contributed by atoms with Gasteiger partial charge in [0.25, 0.3) is 5.91 Å². The zero-order valence-corrected chi connectivity index (χ0v) is 13.0. The van der Waals surface area contributed by atoms with Crippen molar-refractivity contribution in [3.05, 3.63) is 0 Å². The second-order valence-corrected chi connectivity index (χ2v) is 6.94. The Kier molecular flexibility index (Phi) is 3.81. The van der Waals surface area contributed by atoms with Gasteiger partial charge in [0.2, 0.25) is 0 Å². The van der Waals surface area contributed by atoms with E-state index >= 15 is 0 Å². The highest BCUT2D eigenvalue weighted by Crippen LogP contribution is 2.21. The molecule has 1 atom stereocenters. The van der Waals surface area contributed by atoms with E-state index < -0.39 is 5.54 Å². The van der Waals surface area contributed by atoms with Crippen molar-refractivity contribution in [2.24, 2.45) is 0 Å². The van der Waals surface area contributed by atoms with Crippen LogP contribution < -0.4 is 5.32 Å². The number of urea groups is 1. The molecule has 2 rings (SSSR count). The highest BCUT2D eigenvalue weighted by molar-refractivity contribution is 6.06. The maximum Gasteiger partial charge on any atom is 0.325 e. The quantitative estimate of drug-likeness (QED) is 0.779. The van der Waals surface area contributed by atoms with E-state index in [0.29, 0.717) is 13.1 Å². The number of nitrogens with zero attached hydrogens (tertiary/aromatic N) is 2. The number of imide groups is 1.